The molecule has 0 fully saturated rings. The lowest BCUT2D eigenvalue weighted by atomic mass is 9.80. The van der Waals surface area contributed by atoms with Crippen LogP contribution in [0.25, 0.3) is 6.08 Å². The van der Waals surface area contributed by atoms with Gasteiger partial charge in [-0.2, -0.15) is 5.26 Å². The zero-order valence-corrected chi connectivity index (χ0v) is 20.2. The molecule has 4 rings (SSSR count). The second-order valence-electron chi connectivity index (χ2n) is 7.80. The lowest BCUT2D eigenvalue weighted by molar-refractivity contribution is 0.239. The second kappa shape index (κ2) is 9.91. The molecular formula is C26H27N3OS2. The molecule has 0 radical (unpaired) electrons. The van der Waals surface area contributed by atoms with E-state index in [1.165, 1.54) is 9.79 Å². The molecule has 2 aromatic carbocycles. The summed E-state index contributed by atoms with van der Waals surface area (Å²) in [5, 5.41) is 9.93. The molecular weight excluding hydrogens is 434 g/mol. The largest absolute Gasteiger partial charge is 0.440 e. The van der Waals surface area contributed by atoms with Crippen LogP contribution in [0.5, 0.6) is 0 Å². The molecule has 0 bridgehead atoms. The summed E-state index contributed by atoms with van der Waals surface area (Å²) < 4.78 is 6.12. The molecule has 6 heteroatoms. The minimum atomic E-state index is -0.198. The average Bonchev–Trinajstić information content (AvgIpc) is 2.84. The Morgan fingerprint density at radius 2 is 1.69 bits per heavy atom. The molecule has 2 heterocycles. The first-order valence-electron chi connectivity index (χ1n) is 10.6. The number of allylic oxidation sites excluding steroid dienone is 1. The molecule has 2 aliphatic heterocycles. The van der Waals surface area contributed by atoms with Crippen LogP contribution in [0.3, 0.4) is 0 Å². The fourth-order valence-electron chi connectivity index (χ4n) is 4.24. The highest BCUT2D eigenvalue weighted by atomic mass is 32.2. The first-order chi connectivity index (χ1) is 15.6. The Labute approximate surface area is 198 Å². The first-order valence-corrected chi connectivity index (χ1v) is 13.0. The Hall–Kier alpha value is -2.59. The van der Waals surface area contributed by atoms with Crippen LogP contribution in [-0.4, -0.2) is 37.0 Å². The number of nitrogens with two attached hydrogens (primary N) is 1. The SMILES string of the molecule is CCN1CC2=C(OC(N)=C(C#N)[C@H]2c2ccc(SC)cc2)/C(=C/c2ccc(SC)cc2)C1. The molecule has 4 nitrogen and oxygen atoms in total. The van der Waals surface area contributed by atoms with Crippen molar-refractivity contribution in [2.45, 2.75) is 22.6 Å². The van der Waals surface area contributed by atoms with Crippen molar-refractivity contribution in [1.82, 2.24) is 4.90 Å². The van der Waals surface area contributed by atoms with Gasteiger partial charge >= 0.3 is 0 Å². The lowest BCUT2D eigenvalue weighted by Crippen LogP contribution is -2.38. The number of ether oxygens (including phenoxy) is 1. The molecule has 0 amide bonds. The van der Waals surface area contributed by atoms with E-state index >= 15 is 0 Å². The first kappa shape index (κ1) is 22.6. The average molecular weight is 462 g/mol. The highest BCUT2D eigenvalue weighted by Gasteiger charge is 2.37. The maximum Gasteiger partial charge on any atom is 0.205 e. The number of hydrogen-bond acceptors (Lipinski definition) is 6. The third kappa shape index (κ3) is 4.47. The fourth-order valence-corrected chi connectivity index (χ4v) is 5.06. The summed E-state index contributed by atoms with van der Waals surface area (Å²) in [5.41, 5.74) is 11.2. The second-order valence-corrected chi connectivity index (χ2v) is 9.56. The smallest absolute Gasteiger partial charge is 0.205 e. The van der Waals surface area contributed by atoms with Gasteiger partial charge in [0.05, 0.1) is 5.92 Å². The number of nitriles is 1. The number of rotatable bonds is 5. The summed E-state index contributed by atoms with van der Waals surface area (Å²) in [5.74, 6) is 0.828. The molecule has 0 aliphatic carbocycles. The van der Waals surface area contributed by atoms with E-state index < -0.39 is 0 Å². The van der Waals surface area contributed by atoms with Gasteiger partial charge in [-0.15, -0.1) is 23.5 Å². The summed E-state index contributed by atoms with van der Waals surface area (Å²) in [6.45, 7) is 4.62. The Balaban J connectivity index is 1.82. The minimum absolute atomic E-state index is 0.198. The van der Waals surface area contributed by atoms with Gasteiger partial charge in [0, 0.05) is 28.5 Å². The van der Waals surface area contributed by atoms with Crippen LogP contribution in [0, 0.1) is 11.3 Å². The third-order valence-corrected chi connectivity index (χ3v) is 7.45. The highest BCUT2D eigenvalue weighted by Crippen LogP contribution is 2.44. The van der Waals surface area contributed by atoms with Gasteiger partial charge in [-0.1, -0.05) is 31.2 Å². The predicted molar refractivity (Wildman–Crippen MR) is 134 cm³/mol. The van der Waals surface area contributed by atoms with Crippen molar-refractivity contribution in [3.05, 3.63) is 88.0 Å². The summed E-state index contributed by atoms with van der Waals surface area (Å²) in [4.78, 5) is 4.81. The third-order valence-electron chi connectivity index (χ3n) is 5.96. The Kier molecular flexibility index (Phi) is 7.00. The van der Waals surface area contributed by atoms with Crippen LogP contribution < -0.4 is 5.73 Å². The van der Waals surface area contributed by atoms with Crippen molar-refractivity contribution in [2.24, 2.45) is 5.73 Å². The number of likely N-dealkylation sites (N-methyl/N-ethyl adjacent to an activating group) is 1. The van der Waals surface area contributed by atoms with Crippen molar-refractivity contribution in [2.75, 3.05) is 32.1 Å². The van der Waals surface area contributed by atoms with Crippen molar-refractivity contribution in [3.8, 4) is 6.07 Å². The van der Waals surface area contributed by atoms with Crippen molar-refractivity contribution in [1.29, 1.82) is 5.26 Å². The molecule has 0 unspecified atom stereocenters. The lowest BCUT2D eigenvalue weighted by Gasteiger charge is -2.38. The Bertz CT molecular complexity index is 1130. The molecule has 0 saturated heterocycles. The molecule has 0 saturated carbocycles. The number of benzene rings is 2. The Morgan fingerprint density at radius 1 is 1.06 bits per heavy atom. The van der Waals surface area contributed by atoms with Crippen LogP contribution >= 0.6 is 23.5 Å². The summed E-state index contributed by atoms with van der Waals surface area (Å²) in [6, 6.07) is 19.3. The van der Waals surface area contributed by atoms with Gasteiger partial charge in [0.2, 0.25) is 5.88 Å². The fraction of sp³-hybridized carbons (Fsp3) is 0.269. The predicted octanol–water partition coefficient (Wildman–Crippen LogP) is 5.61. The highest BCUT2D eigenvalue weighted by molar-refractivity contribution is 7.98. The van der Waals surface area contributed by atoms with Gasteiger partial charge in [-0.05, 0) is 66.1 Å². The molecule has 0 aromatic heterocycles. The zero-order chi connectivity index (χ0) is 22.7. The molecule has 2 aromatic rings. The summed E-state index contributed by atoms with van der Waals surface area (Å²) >= 11 is 3.44. The van der Waals surface area contributed by atoms with E-state index in [2.05, 4.69) is 85.0 Å². The molecule has 1 atom stereocenters. The van der Waals surface area contributed by atoms with E-state index in [-0.39, 0.29) is 11.8 Å². The summed E-state index contributed by atoms with van der Waals surface area (Å²) in [7, 11) is 0. The van der Waals surface area contributed by atoms with Crippen LogP contribution in [0.2, 0.25) is 0 Å². The number of thioether (sulfide) groups is 2. The number of hydrogen-bond donors (Lipinski definition) is 1. The monoisotopic (exact) mass is 461 g/mol. The normalized spacial score (nSPS) is 20.2. The Morgan fingerprint density at radius 3 is 2.25 bits per heavy atom. The van der Waals surface area contributed by atoms with Crippen LogP contribution in [0.1, 0.15) is 24.0 Å². The maximum atomic E-state index is 9.93. The van der Waals surface area contributed by atoms with E-state index in [4.69, 9.17) is 10.5 Å². The van der Waals surface area contributed by atoms with Gasteiger partial charge in [-0.3, -0.25) is 4.90 Å². The van der Waals surface area contributed by atoms with Crippen LogP contribution in [-0.2, 0) is 4.74 Å². The molecule has 164 valence electrons. The van der Waals surface area contributed by atoms with Gasteiger partial charge < -0.3 is 10.5 Å². The van der Waals surface area contributed by atoms with Crippen molar-refractivity contribution in [3.63, 3.8) is 0 Å². The van der Waals surface area contributed by atoms with E-state index in [0.29, 0.717) is 5.57 Å². The standard InChI is InChI=1S/C26H27N3OS2/c1-4-29-15-19(13-17-5-9-20(31-2)10-6-17)25-23(16-29)24(22(14-27)26(28)30-25)18-7-11-21(32-3)12-8-18/h5-13,24H,4,15-16,28H2,1-3H3/b19-13+/t24-/m1/s1. The van der Waals surface area contributed by atoms with Crippen molar-refractivity contribution >= 4 is 29.6 Å². The van der Waals surface area contributed by atoms with Gasteiger partial charge in [0.1, 0.15) is 17.4 Å². The van der Waals surface area contributed by atoms with Crippen LogP contribution in [0.15, 0.2) is 86.7 Å². The molecule has 2 N–H and O–H groups in total. The van der Waals surface area contributed by atoms with E-state index in [1.807, 2.05) is 0 Å². The van der Waals surface area contributed by atoms with E-state index in [1.54, 1.807) is 23.5 Å². The van der Waals surface area contributed by atoms with E-state index in [9.17, 15) is 5.26 Å². The minimum Gasteiger partial charge on any atom is -0.440 e. The maximum absolute atomic E-state index is 9.93. The summed E-state index contributed by atoms with van der Waals surface area (Å²) in [6.07, 6.45) is 6.32. The topological polar surface area (TPSA) is 62.3 Å². The molecule has 0 spiro atoms. The van der Waals surface area contributed by atoms with E-state index in [0.717, 1.165) is 47.7 Å². The van der Waals surface area contributed by atoms with Crippen LogP contribution in [0.4, 0.5) is 0 Å². The quantitative estimate of drug-likeness (QED) is 0.584. The molecule has 32 heavy (non-hydrogen) atoms. The van der Waals surface area contributed by atoms with Crippen molar-refractivity contribution < 1.29 is 4.74 Å². The molecule has 2 aliphatic rings. The number of nitrogens with zero attached hydrogens (tertiary/aromatic N) is 2. The zero-order valence-electron chi connectivity index (χ0n) is 18.6. The van der Waals surface area contributed by atoms with Gasteiger partial charge in [-0.25, -0.2) is 0 Å². The van der Waals surface area contributed by atoms with Gasteiger partial charge in [0.15, 0.2) is 0 Å². The van der Waals surface area contributed by atoms with Gasteiger partial charge in [0.25, 0.3) is 0 Å².